The Morgan fingerprint density at radius 1 is 0.931 bits per heavy atom. The highest BCUT2D eigenvalue weighted by Gasteiger charge is 2.14. The lowest BCUT2D eigenvalue weighted by Gasteiger charge is -2.12. The zero-order valence-electron chi connectivity index (χ0n) is 15.8. The molecule has 6 heteroatoms. The third kappa shape index (κ3) is 5.43. The number of nitrogens with one attached hydrogen (secondary N) is 2. The summed E-state index contributed by atoms with van der Waals surface area (Å²) in [5, 5.41) is 6.38. The number of rotatable bonds is 6. The van der Waals surface area contributed by atoms with Crippen molar-refractivity contribution in [2.45, 2.75) is 5.75 Å². The molecule has 3 aromatic rings. The van der Waals surface area contributed by atoms with E-state index in [0.717, 1.165) is 45.1 Å². The highest BCUT2D eigenvalue weighted by atomic mass is 32.2. The van der Waals surface area contributed by atoms with E-state index in [4.69, 9.17) is 0 Å². The van der Waals surface area contributed by atoms with Gasteiger partial charge < -0.3 is 10.6 Å². The molecule has 1 aliphatic rings. The van der Waals surface area contributed by atoms with Crippen molar-refractivity contribution in [3.63, 3.8) is 0 Å². The largest absolute Gasteiger partial charge is 0.355 e. The molecule has 0 fully saturated rings. The van der Waals surface area contributed by atoms with E-state index in [-0.39, 0.29) is 5.91 Å². The average Bonchev–Trinajstić information content (AvgIpc) is 3.27. The molecule has 4 nitrogen and oxygen atoms in total. The normalized spacial score (nSPS) is 13.0. The number of hydrogen-bond acceptors (Lipinski definition) is 5. The topological polar surface area (TPSA) is 53.5 Å². The van der Waals surface area contributed by atoms with E-state index in [2.05, 4.69) is 15.6 Å². The molecule has 1 amide bonds. The Morgan fingerprint density at radius 2 is 1.69 bits per heavy atom. The number of amides is 1. The van der Waals surface area contributed by atoms with Crippen LogP contribution in [0.15, 0.2) is 83.9 Å². The SMILES string of the molecule is O=C(Nc1cccc(Nc2ccccc2)c1)c1ccccc1CSC1=NCCS1. The Morgan fingerprint density at radius 3 is 2.52 bits per heavy atom. The van der Waals surface area contributed by atoms with E-state index >= 15 is 0 Å². The maximum Gasteiger partial charge on any atom is 0.255 e. The molecule has 4 rings (SSSR count). The molecule has 0 atom stereocenters. The summed E-state index contributed by atoms with van der Waals surface area (Å²) in [6, 6.07) is 25.5. The van der Waals surface area contributed by atoms with Gasteiger partial charge in [0.05, 0.1) is 6.54 Å². The smallest absolute Gasteiger partial charge is 0.255 e. The molecule has 2 N–H and O–H groups in total. The zero-order chi connectivity index (χ0) is 19.9. The fourth-order valence-electron chi connectivity index (χ4n) is 2.97. The maximum absolute atomic E-state index is 12.9. The van der Waals surface area contributed by atoms with Crippen LogP contribution in [0.25, 0.3) is 0 Å². The molecule has 0 radical (unpaired) electrons. The lowest BCUT2D eigenvalue weighted by molar-refractivity contribution is 0.102. The van der Waals surface area contributed by atoms with Gasteiger partial charge in [0, 0.05) is 34.1 Å². The van der Waals surface area contributed by atoms with Crippen LogP contribution in [0, 0.1) is 0 Å². The third-order valence-electron chi connectivity index (χ3n) is 4.35. The zero-order valence-corrected chi connectivity index (χ0v) is 17.4. The molecule has 0 saturated heterocycles. The summed E-state index contributed by atoms with van der Waals surface area (Å²) in [5.41, 5.74) is 4.41. The quantitative estimate of drug-likeness (QED) is 0.513. The lowest BCUT2D eigenvalue weighted by Crippen LogP contribution is -2.14. The second kappa shape index (κ2) is 9.67. The first-order valence-electron chi connectivity index (χ1n) is 9.39. The average molecular weight is 420 g/mol. The minimum absolute atomic E-state index is 0.0981. The summed E-state index contributed by atoms with van der Waals surface area (Å²) in [4.78, 5) is 17.4. The van der Waals surface area contributed by atoms with E-state index in [1.54, 1.807) is 23.5 Å². The fourth-order valence-corrected chi connectivity index (χ4v) is 4.98. The lowest BCUT2D eigenvalue weighted by atomic mass is 10.1. The van der Waals surface area contributed by atoms with Crippen LogP contribution in [0.1, 0.15) is 15.9 Å². The molecule has 0 aliphatic carbocycles. The first-order chi connectivity index (χ1) is 14.3. The predicted octanol–water partition coefficient (Wildman–Crippen LogP) is 6.02. The molecular weight excluding hydrogens is 398 g/mol. The summed E-state index contributed by atoms with van der Waals surface area (Å²) in [5.74, 6) is 1.70. The number of para-hydroxylation sites is 1. The van der Waals surface area contributed by atoms with Gasteiger partial charge in [0.25, 0.3) is 5.91 Å². The van der Waals surface area contributed by atoms with Crippen LogP contribution in [-0.4, -0.2) is 22.6 Å². The van der Waals surface area contributed by atoms with Crippen LogP contribution >= 0.6 is 23.5 Å². The second-order valence-corrected chi connectivity index (χ2v) is 8.77. The molecule has 1 aliphatic heterocycles. The molecule has 0 unspecified atom stereocenters. The molecule has 0 spiro atoms. The predicted molar refractivity (Wildman–Crippen MR) is 127 cm³/mol. The van der Waals surface area contributed by atoms with Gasteiger partial charge in [0.1, 0.15) is 4.38 Å². The third-order valence-corrected chi connectivity index (χ3v) is 6.66. The van der Waals surface area contributed by atoms with Crippen LogP contribution in [0.3, 0.4) is 0 Å². The van der Waals surface area contributed by atoms with E-state index in [0.29, 0.717) is 5.56 Å². The van der Waals surface area contributed by atoms with Crippen LogP contribution in [0.5, 0.6) is 0 Å². The molecule has 0 bridgehead atoms. The number of carbonyl (C=O) groups excluding carboxylic acids is 1. The van der Waals surface area contributed by atoms with Gasteiger partial charge in [-0.3, -0.25) is 9.79 Å². The van der Waals surface area contributed by atoms with Crippen LogP contribution in [0.4, 0.5) is 17.1 Å². The number of benzene rings is 3. The van der Waals surface area contributed by atoms with Crippen LogP contribution in [0.2, 0.25) is 0 Å². The number of aliphatic imine (C=N–C) groups is 1. The maximum atomic E-state index is 12.9. The Balaban J connectivity index is 1.45. The van der Waals surface area contributed by atoms with Crippen molar-refractivity contribution in [1.82, 2.24) is 0 Å². The summed E-state index contributed by atoms with van der Waals surface area (Å²) in [6.45, 7) is 0.891. The Bertz CT molecular complexity index is 1020. The highest BCUT2D eigenvalue weighted by Crippen LogP contribution is 2.27. The van der Waals surface area contributed by atoms with Gasteiger partial charge in [0.15, 0.2) is 0 Å². The van der Waals surface area contributed by atoms with Gasteiger partial charge in [0.2, 0.25) is 0 Å². The number of hydrogen-bond donors (Lipinski definition) is 2. The summed E-state index contributed by atoms with van der Waals surface area (Å²) < 4.78 is 1.11. The van der Waals surface area contributed by atoms with E-state index < -0.39 is 0 Å². The number of anilines is 3. The van der Waals surface area contributed by atoms with Crippen molar-refractivity contribution in [2.75, 3.05) is 22.9 Å². The monoisotopic (exact) mass is 419 g/mol. The summed E-state index contributed by atoms with van der Waals surface area (Å²) in [6.07, 6.45) is 0. The van der Waals surface area contributed by atoms with Crippen molar-refractivity contribution in [3.8, 4) is 0 Å². The number of nitrogens with zero attached hydrogens (tertiary/aromatic N) is 1. The minimum Gasteiger partial charge on any atom is -0.355 e. The van der Waals surface area contributed by atoms with Gasteiger partial charge in [-0.05, 0) is 42.0 Å². The van der Waals surface area contributed by atoms with Gasteiger partial charge in [-0.25, -0.2) is 0 Å². The van der Waals surface area contributed by atoms with Crippen molar-refractivity contribution < 1.29 is 4.79 Å². The molecular formula is C23H21N3OS2. The van der Waals surface area contributed by atoms with Crippen LogP contribution < -0.4 is 10.6 Å². The molecule has 0 saturated carbocycles. The summed E-state index contributed by atoms with van der Waals surface area (Å²) >= 11 is 3.49. The molecule has 29 heavy (non-hydrogen) atoms. The molecule has 1 heterocycles. The van der Waals surface area contributed by atoms with E-state index in [1.807, 2.05) is 78.9 Å². The van der Waals surface area contributed by atoms with E-state index in [1.165, 1.54) is 0 Å². The fraction of sp³-hybridized carbons (Fsp3) is 0.130. The first-order valence-corrected chi connectivity index (χ1v) is 11.4. The Kier molecular flexibility index (Phi) is 6.54. The van der Waals surface area contributed by atoms with Crippen molar-refractivity contribution in [3.05, 3.63) is 90.0 Å². The minimum atomic E-state index is -0.0981. The van der Waals surface area contributed by atoms with Gasteiger partial charge >= 0.3 is 0 Å². The number of thioether (sulfide) groups is 2. The molecule has 3 aromatic carbocycles. The van der Waals surface area contributed by atoms with Crippen molar-refractivity contribution >= 4 is 50.9 Å². The van der Waals surface area contributed by atoms with Gasteiger partial charge in [-0.2, -0.15) is 0 Å². The molecule has 146 valence electrons. The highest BCUT2D eigenvalue weighted by molar-refractivity contribution is 8.38. The standard InChI is InChI=1S/C23H21N3OS2/c27-22(21-12-5-4-7-17(21)16-29-23-24-13-14-28-23)26-20-11-6-10-19(15-20)25-18-8-2-1-3-9-18/h1-12,15,25H,13-14,16H2,(H,26,27). The summed E-state index contributed by atoms with van der Waals surface area (Å²) in [7, 11) is 0. The number of carbonyl (C=O) groups is 1. The first kappa shape index (κ1) is 19.6. The van der Waals surface area contributed by atoms with E-state index in [9.17, 15) is 4.79 Å². The van der Waals surface area contributed by atoms with Crippen molar-refractivity contribution in [1.29, 1.82) is 0 Å². The van der Waals surface area contributed by atoms with Crippen molar-refractivity contribution in [2.24, 2.45) is 4.99 Å². The Labute approximate surface area is 179 Å². The van der Waals surface area contributed by atoms with Gasteiger partial charge in [-0.1, -0.05) is 66.0 Å². The Hall–Kier alpha value is -2.70. The second-order valence-electron chi connectivity index (χ2n) is 6.47. The van der Waals surface area contributed by atoms with Crippen LogP contribution in [-0.2, 0) is 5.75 Å². The molecule has 0 aromatic heterocycles. The van der Waals surface area contributed by atoms with Gasteiger partial charge in [-0.15, -0.1) is 0 Å².